The first kappa shape index (κ1) is 38.9. The second-order valence-corrected chi connectivity index (χ2v) is 20.7. The van der Waals surface area contributed by atoms with Crippen molar-refractivity contribution in [3.05, 3.63) is 129 Å². The molecule has 0 aliphatic carbocycles. The average Bonchev–Trinajstić information content (AvgIpc) is 3.96. The highest BCUT2D eigenvalue weighted by Crippen LogP contribution is 2.64. The number of ether oxygens (including phenoxy) is 2. The van der Waals surface area contributed by atoms with Crippen LogP contribution in [0.5, 0.6) is 23.0 Å². The number of benzene rings is 6. The van der Waals surface area contributed by atoms with Gasteiger partial charge in [0.15, 0.2) is 11.5 Å². The Bertz CT molecular complexity index is 3080. The van der Waals surface area contributed by atoms with E-state index >= 15 is 0 Å². The fourth-order valence-corrected chi connectivity index (χ4v) is 11.6. The van der Waals surface area contributed by atoms with E-state index in [1.165, 1.54) is 67.0 Å². The molecule has 65 heavy (non-hydrogen) atoms. The molecule has 7 aromatic rings. The van der Waals surface area contributed by atoms with Crippen molar-refractivity contribution in [2.45, 2.75) is 107 Å². The van der Waals surface area contributed by atoms with E-state index in [1.54, 1.807) is 0 Å². The molecular weight excluding hydrogens is 798 g/mol. The maximum absolute atomic E-state index is 7.91. The molecule has 0 bridgehead atoms. The first-order valence-corrected chi connectivity index (χ1v) is 23.8. The Morgan fingerprint density at radius 2 is 0.769 bits per heavy atom. The smallest absolute Gasteiger partial charge is 0.459 e. The second-order valence-electron chi connectivity index (χ2n) is 20.7. The number of aryl methyl sites for hydroxylation is 2. The molecule has 322 valence electrons. The molecule has 0 fully saturated rings. The van der Waals surface area contributed by atoms with E-state index in [-0.39, 0.29) is 14.0 Å². The van der Waals surface area contributed by atoms with Crippen LogP contribution in [-0.4, -0.2) is 14.0 Å². The minimum atomic E-state index is -0.311. The Labute approximate surface area is 383 Å². The number of hydrogen-bond donors (Lipinski definition) is 0. The highest BCUT2D eigenvalue weighted by atomic mass is 16.5. The molecule has 7 heterocycles. The van der Waals surface area contributed by atoms with Crippen LogP contribution in [0, 0.1) is 27.7 Å². The van der Waals surface area contributed by atoms with E-state index in [0.29, 0.717) is 23.7 Å². The van der Waals surface area contributed by atoms with Gasteiger partial charge < -0.3 is 33.1 Å². The molecular formula is C56H54B2N4O3. The summed E-state index contributed by atoms with van der Waals surface area (Å²) >= 11 is 0. The van der Waals surface area contributed by atoms with Gasteiger partial charge >= 0.3 is 14.0 Å². The first-order chi connectivity index (χ1) is 31.2. The second kappa shape index (κ2) is 13.1. The lowest BCUT2D eigenvalue weighted by molar-refractivity contribution is 0.473. The molecule has 6 aromatic carbocycles. The van der Waals surface area contributed by atoms with E-state index < -0.39 is 0 Å². The van der Waals surface area contributed by atoms with Gasteiger partial charge in [-0.25, -0.2) is 0 Å². The monoisotopic (exact) mass is 852 g/mol. The van der Waals surface area contributed by atoms with Crippen molar-refractivity contribution in [3.8, 4) is 45.3 Å². The fourth-order valence-electron chi connectivity index (χ4n) is 11.6. The van der Waals surface area contributed by atoms with Crippen molar-refractivity contribution in [1.82, 2.24) is 0 Å². The fraction of sp³-hybridized carbons (Fsp3) is 0.286. The third-order valence-corrected chi connectivity index (χ3v) is 15.6. The molecule has 0 atom stereocenters. The predicted molar refractivity (Wildman–Crippen MR) is 270 cm³/mol. The Morgan fingerprint density at radius 3 is 1.15 bits per heavy atom. The summed E-state index contributed by atoms with van der Waals surface area (Å²) in [6.45, 7) is 26.4. The molecule has 1 aromatic heterocycles. The summed E-state index contributed by atoms with van der Waals surface area (Å²) in [6.07, 6.45) is 0. The lowest BCUT2D eigenvalue weighted by Gasteiger charge is -2.37. The van der Waals surface area contributed by atoms with Crippen LogP contribution in [0.1, 0.15) is 124 Å². The number of anilines is 8. The largest absolute Gasteiger partial charge is 0.474 e. The number of furan rings is 1. The van der Waals surface area contributed by atoms with E-state index in [1.807, 2.05) is 0 Å². The molecule has 6 aliphatic heterocycles. The number of hydrogen-bond acceptors (Lipinski definition) is 7. The molecule has 0 spiro atoms. The maximum Gasteiger partial charge on any atom is 0.459 e. The van der Waals surface area contributed by atoms with Crippen molar-refractivity contribution >= 4 is 70.8 Å². The van der Waals surface area contributed by atoms with Crippen LogP contribution in [-0.2, 0) is 0 Å². The van der Waals surface area contributed by atoms with Gasteiger partial charge in [0, 0.05) is 33.6 Å². The quantitative estimate of drug-likeness (QED) is 0.163. The summed E-state index contributed by atoms with van der Waals surface area (Å²) in [7, 11) is 0. The first-order valence-electron chi connectivity index (χ1n) is 23.8. The lowest BCUT2D eigenvalue weighted by Crippen LogP contribution is -2.57. The highest BCUT2D eigenvalue weighted by molar-refractivity contribution is 6.89. The van der Waals surface area contributed by atoms with Gasteiger partial charge in [-0.1, -0.05) is 91.8 Å². The van der Waals surface area contributed by atoms with E-state index in [9.17, 15) is 0 Å². The molecule has 7 nitrogen and oxygen atoms in total. The van der Waals surface area contributed by atoms with Gasteiger partial charge in [-0.3, -0.25) is 0 Å². The van der Waals surface area contributed by atoms with Crippen molar-refractivity contribution < 1.29 is 13.9 Å². The Balaban J connectivity index is 1.14. The van der Waals surface area contributed by atoms with Gasteiger partial charge in [0.25, 0.3) is 0 Å². The number of nitrogens with zero attached hydrogens (tertiary/aromatic N) is 4. The number of fused-ring (bicyclic) bond motifs is 21. The van der Waals surface area contributed by atoms with Gasteiger partial charge in [0.05, 0.1) is 34.1 Å². The van der Waals surface area contributed by atoms with Crippen LogP contribution >= 0.6 is 0 Å². The SMILES string of the molecule is Cc1cc2c3c(c1C)Oc1cc(C(C)C)ccc1N3B1c3oc4c(c3-c3ccc(C(C)C)cc3N12)-c1ccc(C(C)C)cc1N1B4N2c3ccc(C(C)C)cc3Oc3c(C)c(C)cc1c32. The van der Waals surface area contributed by atoms with Gasteiger partial charge in [-0.15, -0.1) is 0 Å². The molecule has 6 aliphatic rings. The van der Waals surface area contributed by atoms with Gasteiger partial charge in [0.2, 0.25) is 0 Å². The van der Waals surface area contributed by atoms with Crippen molar-refractivity contribution in [3.63, 3.8) is 0 Å². The molecule has 0 radical (unpaired) electrons. The molecule has 0 unspecified atom stereocenters. The molecule has 13 rings (SSSR count). The lowest BCUT2D eigenvalue weighted by atomic mass is 9.60. The minimum Gasteiger partial charge on any atom is -0.474 e. The van der Waals surface area contributed by atoms with Crippen LogP contribution < -0.4 is 40.0 Å². The minimum absolute atomic E-state index is 0.311. The average molecular weight is 853 g/mol. The van der Waals surface area contributed by atoms with Crippen molar-refractivity contribution in [2.75, 3.05) is 19.2 Å². The van der Waals surface area contributed by atoms with Crippen LogP contribution in [0.25, 0.3) is 22.3 Å². The molecule has 0 saturated carbocycles. The van der Waals surface area contributed by atoms with E-state index in [0.717, 1.165) is 79.6 Å². The number of rotatable bonds is 4. The predicted octanol–water partition coefficient (Wildman–Crippen LogP) is 14.5. The van der Waals surface area contributed by atoms with Crippen LogP contribution in [0.4, 0.5) is 45.5 Å². The van der Waals surface area contributed by atoms with Crippen LogP contribution in [0.2, 0.25) is 0 Å². The summed E-state index contributed by atoms with van der Waals surface area (Å²) in [6, 6.07) is 32.7. The Kier molecular flexibility index (Phi) is 7.84. The summed E-state index contributed by atoms with van der Waals surface area (Å²) in [5, 5.41) is 0. The molecule has 0 saturated heterocycles. The molecule has 0 amide bonds. The Morgan fingerprint density at radius 1 is 0.400 bits per heavy atom. The van der Waals surface area contributed by atoms with Crippen molar-refractivity contribution in [2.24, 2.45) is 0 Å². The summed E-state index contributed by atoms with van der Waals surface area (Å²) in [4.78, 5) is 10.2. The van der Waals surface area contributed by atoms with Crippen LogP contribution in [0.3, 0.4) is 0 Å². The van der Waals surface area contributed by atoms with Gasteiger partial charge in [-0.2, -0.15) is 0 Å². The standard InChI is InChI=1S/C56H54B2N4O3/c1-27(2)35-13-17-39-43(23-35)59-45-21-31(9)33(11)53-51(45)61(41-19-15-37(29(5)6)25-47(41)63-53)57(59)55-49(39)50-40-18-14-36(28(3)4)24-44(40)60-46-22-32(10)34(12)54-52(46)62(58(60)56(50)65-55)42-20-16-38(30(7)8)26-48(42)64-54/h13-30H,1-12H3. The summed E-state index contributed by atoms with van der Waals surface area (Å²) < 4.78 is 22.0. The Hall–Kier alpha value is -6.47. The third kappa shape index (κ3) is 4.94. The van der Waals surface area contributed by atoms with Gasteiger partial charge in [-0.05, 0) is 144 Å². The van der Waals surface area contributed by atoms with E-state index in [2.05, 4.69) is 187 Å². The summed E-state index contributed by atoms with van der Waals surface area (Å²) in [5.74, 6) is 5.04. The molecule has 0 N–H and O–H groups in total. The summed E-state index contributed by atoms with van der Waals surface area (Å²) in [5.41, 5.74) is 25.5. The highest BCUT2D eigenvalue weighted by Gasteiger charge is 2.60. The van der Waals surface area contributed by atoms with Crippen LogP contribution in [0.15, 0.2) is 89.3 Å². The zero-order chi connectivity index (χ0) is 44.8. The normalized spacial score (nSPS) is 15.1. The topological polar surface area (TPSA) is 44.6 Å². The molecule has 9 heteroatoms. The zero-order valence-electron chi connectivity index (χ0n) is 39.6. The zero-order valence-corrected chi connectivity index (χ0v) is 39.6. The maximum atomic E-state index is 7.91. The van der Waals surface area contributed by atoms with Gasteiger partial charge in [0.1, 0.15) is 22.8 Å². The van der Waals surface area contributed by atoms with E-state index in [4.69, 9.17) is 13.9 Å². The third-order valence-electron chi connectivity index (χ3n) is 15.6. The van der Waals surface area contributed by atoms with Crippen molar-refractivity contribution in [1.29, 1.82) is 0 Å².